The topological polar surface area (TPSA) is 89.2 Å². The maximum atomic E-state index is 6.68. The number of hydrogen-bond donors (Lipinski definition) is 1. The number of aromatic nitrogens is 4. The van der Waals surface area contributed by atoms with Gasteiger partial charge in [0, 0.05) is 36.6 Å². The molecular weight excluding hydrogens is 476 g/mol. The molecule has 5 rings (SSSR count). The van der Waals surface area contributed by atoms with Gasteiger partial charge in [-0.1, -0.05) is 16.8 Å². The third-order valence-electron chi connectivity index (χ3n) is 6.44. The van der Waals surface area contributed by atoms with Crippen LogP contribution in [0.5, 0.6) is 5.75 Å². The first-order valence-corrected chi connectivity index (χ1v) is 12.4. The lowest BCUT2D eigenvalue weighted by Gasteiger charge is -2.22. The molecule has 4 heterocycles. The molecule has 0 spiro atoms. The van der Waals surface area contributed by atoms with E-state index in [-0.39, 0.29) is 0 Å². The van der Waals surface area contributed by atoms with Gasteiger partial charge in [-0.15, -0.1) is 0 Å². The minimum absolute atomic E-state index is 0.533. The summed E-state index contributed by atoms with van der Waals surface area (Å²) >= 11 is 6.68. The molecule has 0 radical (unpaired) electrons. The van der Waals surface area contributed by atoms with Crippen LogP contribution in [0.2, 0.25) is 5.02 Å². The Kier molecular flexibility index (Phi) is 6.89. The van der Waals surface area contributed by atoms with Gasteiger partial charge < -0.3 is 19.5 Å². The number of anilines is 1. The van der Waals surface area contributed by atoms with E-state index < -0.39 is 0 Å². The normalized spacial score (nSPS) is 12.8. The fourth-order valence-corrected chi connectivity index (χ4v) is 4.77. The number of hydrogen-bond acceptors (Lipinski definition) is 8. The van der Waals surface area contributed by atoms with Crippen LogP contribution in [0, 0.1) is 20.8 Å². The van der Waals surface area contributed by atoms with Crippen molar-refractivity contribution in [1.82, 2.24) is 25.4 Å². The summed E-state index contributed by atoms with van der Waals surface area (Å²) in [4.78, 5) is 16.6. The molecular formula is C27H29ClN6O2. The van der Waals surface area contributed by atoms with E-state index in [1.54, 1.807) is 0 Å². The summed E-state index contributed by atoms with van der Waals surface area (Å²) in [6.45, 7) is 8.84. The maximum Gasteiger partial charge on any atom is 0.163 e. The molecule has 0 atom stereocenters. The molecule has 3 aromatic heterocycles. The summed E-state index contributed by atoms with van der Waals surface area (Å²) in [5, 5.41) is 7.86. The van der Waals surface area contributed by atoms with Crippen molar-refractivity contribution < 1.29 is 9.26 Å². The van der Waals surface area contributed by atoms with Gasteiger partial charge in [0.25, 0.3) is 0 Å². The molecule has 0 fully saturated rings. The number of pyridine rings is 1. The first-order valence-electron chi connectivity index (χ1n) is 12.0. The lowest BCUT2D eigenvalue weighted by Crippen LogP contribution is -2.19. The number of benzene rings is 1. The number of fused-ring (bicyclic) bond motifs is 1. The van der Waals surface area contributed by atoms with Crippen LogP contribution in [0.4, 0.5) is 5.82 Å². The Hall–Kier alpha value is -3.49. The second-order valence-electron chi connectivity index (χ2n) is 8.99. The van der Waals surface area contributed by atoms with Crippen LogP contribution >= 0.6 is 11.6 Å². The average molecular weight is 505 g/mol. The van der Waals surface area contributed by atoms with E-state index in [2.05, 4.69) is 26.4 Å². The molecule has 186 valence electrons. The van der Waals surface area contributed by atoms with E-state index in [0.717, 1.165) is 65.7 Å². The highest BCUT2D eigenvalue weighted by Crippen LogP contribution is 2.38. The van der Waals surface area contributed by atoms with Crippen molar-refractivity contribution >= 4 is 17.4 Å². The van der Waals surface area contributed by atoms with Gasteiger partial charge in [0.05, 0.1) is 28.6 Å². The highest BCUT2D eigenvalue weighted by atomic mass is 35.5. The van der Waals surface area contributed by atoms with E-state index >= 15 is 0 Å². The summed E-state index contributed by atoms with van der Waals surface area (Å²) in [6.07, 6.45) is 4.66. The van der Waals surface area contributed by atoms with Crippen molar-refractivity contribution in [3.8, 4) is 28.4 Å². The van der Waals surface area contributed by atoms with Gasteiger partial charge in [-0.3, -0.25) is 4.98 Å². The Morgan fingerprint density at radius 2 is 1.94 bits per heavy atom. The number of halogens is 1. The highest BCUT2D eigenvalue weighted by Gasteiger charge is 2.27. The van der Waals surface area contributed by atoms with Crippen molar-refractivity contribution in [3.05, 3.63) is 69.8 Å². The molecule has 8 nitrogen and oxygen atoms in total. The smallest absolute Gasteiger partial charge is 0.163 e. The summed E-state index contributed by atoms with van der Waals surface area (Å²) < 4.78 is 11.5. The number of nitrogens with one attached hydrogen (secondary N) is 1. The van der Waals surface area contributed by atoms with Crippen LogP contribution < -0.4 is 15.0 Å². The first-order chi connectivity index (χ1) is 17.5. The minimum atomic E-state index is 0.533. The van der Waals surface area contributed by atoms with Gasteiger partial charge in [0.15, 0.2) is 5.82 Å². The molecule has 1 aromatic carbocycles. The third kappa shape index (κ3) is 4.66. The van der Waals surface area contributed by atoms with Gasteiger partial charge in [0.1, 0.15) is 17.3 Å². The first kappa shape index (κ1) is 24.2. The Morgan fingerprint density at radius 1 is 1.11 bits per heavy atom. The van der Waals surface area contributed by atoms with Crippen LogP contribution in [-0.2, 0) is 13.1 Å². The fraction of sp³-hybridized carbons (Fsp3) is 0.333. The van der Waals surface area contributed by atoms with Crippen molar-refractivity contribution in [3.63, 3.8) is 0 Å². The third-order valence-corrected chi connectivity index (χ3v) is 6.77. The molecule has 4 aromatic rings. The van der Waals surface area contributed by atoms with Crippen molar-refractivity contribution in [1.29, 1.82) is 0 Å². The van der Waals surface area contributed by atoms with Gasteiger partial charge in [0.2, 0.25) is 0 Å². The Labute approximate surface area is 215 Å². The van der Waals surface area contributed by atoms with E-state index in [1.807, 2.05) is 58.4 Å². The molecule has 0 amide bonds. The molecule has 0 unspecified atom stereocenters. The second-order valence-corrected chi connectivity index (χ2v) is 9.40. The summed E-state index contributed by atoms with van der Waals surface area (Å²) in [7, 11) is 1.93. The summed E-state index contributed by atoms with van der Waals surface area (Å²) in [5.74, 6) is 2.83. The Bertz CT molecular complexity index is 1360. The van der Waals surface area contributed by atoms with Gasteiger partial charge in [-0.05, 0) is 76.2 Å². The van der Waals surface area contributed by atoms with Crippen molar-refractivity contribution in [2.45, 2.75) is 40.3 Å². The molecule has 1 aliphatic heterocycles. The van der Waals surface area contributed by atoms with Crippen LogP contribution in [0.1, 0.15) is 34.6 Å². The zero-order chi connectivity index (χ0) is 25.2. The second kappa shape index (κ2) is 10.2. The van der Waals surface area contributed by atoms with E-state index in [0.29, 0.717) is 23.2 Å². The molecule has 1 aliphatic rings. The van der Waals surface area contributed by atoms with Crippen LogP contribution in [0.15, 0.2) is 41.2 Å². The predicted octanol–water partition coefficient (Wildman–Crippen LogP) is 5.28. The molecule has 0 saturated carbocycles. The Balaban J connectivity index is 1.61. The minimum Gasteiger partial charge on any atom is -0.494 e. The number of ether oxygens (including phenoxy) is 1. The zero-order valence-corrected chi connectivity index (χ0v) is 21.7. The molecule has 9 heteroatoms. The van der Waals surface area contributed by atoms with E-state index in [4.69, 9.17) is 30.8 Å². The maximum absolute atomic E-state index is 6.68. The van der Waals surface area contributed by atoms with Crippen LogP contribution in [0.25, 0.3) is 22.6 Å². The lowest BCUT2D eigenvalue weighted by atomic mass is 10.0. The summed E-state index contributed by atoms with van der Waals surface area (Å²) in [6, 6.07) is 7.68. The molecule has 0 aliphatic carbocycles. The quantitative estimate of drug-likeness (QED) is 0.324. The van der Waals surface area contributed by atoms with Gasteiger partial charge >= 0.3 is 0 Å². The number of rotatable bonds is 8. The molecule has 1 N–H and O–H groups in total. The SMILES string of the molecule is CNCCCOc1ccc(Cl)c(-c2nc(-c3c(C)noc3C)c(C)c(N3Cc4ccncc4C3)n2)c1. The summed E-state index contributed by atoms with van der Waals surface area (Å²) in [5.41, 5.74) is 6.58. The fourth-order valence-electron chi connectivity index (χ4n) is 4.57. The van der Waals surface area contributed by atoms with Gasteiger partial charge in [-0.25, -0.2) is 9.97 Å². The van der Waals surface area contributed by atoms with Crippen LogP contribution in [-0.4, -0.2) is 40.3 Å². The standard InChI is InChI=1S/C27H29ClN6O2/c1-16-25(24-17(2)33-36-18(24)3)31-26(22-12-21(6-7-23(22)28)35-11-5-9-29-4)32-27(16)34-14-19-8-10-30-13-20(19)15-34/h6-8,10,12-13,29H,5,9,11,14-15H2,1-4H3. The van der Waals surface area contributed by atoms with E-state index in [1.165, 1.54) is 11.1 Å². The molecule has 0 bridgehead atoms. The molecule has 36 heavy (non-hydrogen) atoms. The highest BCUT2D eigenvalue weighted by molar-refractivity contribution is 6.33. The predicted molar refractivity (Wildman–Crippen MR) is 140 cm³/mol. The Morgan fingerprint density at radius 3 is 2.69 bits per heavy atom. The van der Waals surface area contributed by atoms with Crippen LogP contribution in [0.3, 0.4) is 0 Å². The largest absolute Gasteiger partial charge is 0.494 e. The monoisotopic (exact) mass is 504 g/mol. The lowest BCUT2D eigenvalue weighted by molar-refractivity contribution is 0.310. The van der Waals surface area contributed by atoms with Crippen molar-refractivity contribution in [2.75, 3.05) is 25.1 Å². The number of aryl methyl sites for hydroxylation is 2. The average Bonchev–Trinajstić information content (AvgIpc) is 3.46. The zero-order valence-electron chi connectivity index (χ0n) is 20.9. The van der Waals surface area contributed by atoms with Crippen molar-refractivity contribution in [2.24, 2.45) is 0 Å². The number of nitrogens with zero attached hydrogens (tertiary/aromatic N) is 5. The van der Waals surface area contributed by atoms with E-state index in [9.17, 15) is 0 Å². The molecule has 0 saturated heterocycles. The van der Waals surface area contributed by atoms with Gasteiger partial charge in [-0.2, -0.15) is 0 Å².